The molecule has 1 aliphatic rings. The zero-order valence-electron chi connectivity index (χ0n) is 11.2. The number of carboxylic acid groups (broad SMARTS) is 1. The van der Waals surface area contributed by atoms with E-state index in [1.165, 1.54) is 37.3 Å². The number of carboxylic acids is 1. The minimum atomic E-state index is -0.957. The van der Waals surface area contributed by atoms with Crippen LogP contribution in [0.3, 0.4) is 0 Å². The van der Waals surface area contributed by atoms with E-state index in [9.17, 15) is 4.79 Å². The topological polar surface area (TPSA) is 58.4 Å². The Balaban J connectivity index is 1.79. The molecule has 104 valence electrons. The van der Waals surface area contributed by atoms with Crippen molar-refractivity contribution >= 4 is 11.7 Å². The van der Waals surface area contributed by atoms with Crippen molar-refractivity contribution in [1.82, 2.24) is 9.78 Å². The molecule has 3 rings (SSSR count). The first-order valence-corrected chi connectivity index (χ1v) is 6.87. The molecule has 0 amide bonds. The van der Waals surface area contributed by atoms with Crippen LogP contribution in [0.5, 0.6) is 0 Å². The molecule has 0 atom stereocenters. The van der Waals surface area contributed by atoms with Gasteiger partial charge >= 0.3 is 5.97 Å². The van der Waals surface area contributed by atoms with Gasteiger partial charge in [0.2, 0.25) is 0 Å². The molecule has 0 saturated carbocycles. The van der Waals surface area contributed by atoms with Crippen molar-refractivity contribution in [3.8, 4) is 5.69 Å². The van der Waals surface area contributed by atoms with Crippen LogP contribution < -0.4 is 4.90 Å². The summed E-state index contributed by atoms with van der Waals surface area (Å²) in [5.41, 5.74) is 2.29. The van der Waals surface area contributed by atoms with Crippen molar-refractivity contribution < 1.29 is 9.90 Å². The summed E-state index contributed by atoms with van der Waals surface area (Å²) < 4.78 is 1.59. The van der Waals surface area contributed by atoms with Crippen molar-refractivity contribution in [2.45, 2.75) is 19.3 Å². The highest BCUT2D eigenvalue weighted by Gasteiger charge is 2.11. The molecule has 2 aromatic rings. The van der Waals surface area contributed by atoms with Crippen molar-refractivity contribution in [3.63, 3.8) is 0 Å². The molecule has 1 saturated heterocycles. The predicted octanol–water partition coefficient (Wildman–Crippen LogP) is 2.56. The number of hydrogen-bond acceptors (Lipinski definition) is 3. The maximum atomic E-state index is 10.8. The van der Waals surface area contributed by atoms with Crippen molar-refractivity contribution in [3.05, 3.63) is 42.2 Å². The van der Waals surface area contributed by atoms with Gasteiger partial charge in [0.25, 0.3) is 0 Å². The third-order valence-corrected chi connectivity index (χ3v) is 3.67. The maximum absolute atomic E-state index is 10.8. The molecule has 1 aromatic heterocycles. The monoisotopic (exact) mass is 271 g/mol. The van der Waals surface area contributed by atoms with Gasteiger partial charge in [0, 0.05) is 25.0 Å². The van der Waals surface area contributed by atoms with Gasteiger partial charge < -0.3 is 10.0 Å². The lowest BCUT2D eigenvalue weighted by atomic mass is 10.1. The van der Waals surface area contributed by atoms with E-state index in [0.717, 1.165) is 18.8 Å². The Kier molecular flexibility index (Phi) is 3.41. The van der Waals surface area contributed by atoms with E-state index in [2.05, 4.69) is 22.1 Å². The number of anilines is 1. The Morgan fingerprint density at radius 1 is 1.05 bits per heavy atom. The number of hydrogen-bond donors (Lipinski definition) is 1. The number of rotatable bonds is 3. The van der Waals surface area contributed by atoms with Crippen LogP contribution in [0.1, 0.15) is 29.6 Å². The molecule has 0 bridgehead atoms. The first-order valence-electron chi connectivity index (χ1n) is 6.87. The highest BCUT2D eigenvalue weighted by molar-refractivity contribution is 5.86. The maximum Gasteiger partial charge on any atom is 0.338 e. The summed E-state index contributed by atoms with van der Waals surface area (Å²) in [6.07, 6.45) is 6.71. The van der Waals surface area contributed by atoms with Crippen LogP contribution in [0, 0.1) is 0 Å². The fourth-order valence-corrected chi connectivity index (χ4v) is 2.54. The van der Waals surface area contributed by atoms with Gasteiger partial charge in [0.1, 0.15) is 0 Å². The molecule has 1 aliphatic heterocycles. The molecular formula is C15H17N3O2. The van der Waals surface area contributed by atoms with E-state index in [4.69, 9.17) is 5.11 Å². The molecule has 20 heavy (non-hydrogen) atoms. The average molecular weight is 271 g/mol. The predicted molar refractivity (Wildman–Crippen MR) is 76.6 cm³/mol. The molecule has 5 nitrogen and oxygen atoms in total. The third-order valence-electron chi connectivity index (χ3n) is 3.67. The zero-order valence-corrected chi connectivity index (χ0v) is 11.2. The van der Waals surface area contributed by atoms with E-state index in [-0.39, 0.29) is 5.56 Å². The van der Waals surface area contributed by atoms with Gasteiger partial charge in [-0.3, -0.25) is 0 Å². The zero-order chi connectivity index (χ0) is 13.9. The summed E-state index contributed by atoms with van der Waals surface area (Å²) in [5.74, 6) is -0.957. The summed E-state index contributed by atoms with van der Waals surface area (Å²) >= 11 is 0. The summed E-state index contributed by atoms with van der Waals surface area (Å²) in [6, 6.07) is 8.09. The van der Waals surface area contributed by atoms with Gasteiger partial charge in [-0.25, -0.2) is 9.48 Å². The number of benzene rings is 1. The normalized spacial score (nSPS) is 15.3. The first kappa shape index (κ1) is 12.7. The van der Waals surface area contributed by atoms with Gasteiger partial charge in [-0.15, -0.1) is 0 Å². The van der Waals surface area contributed by atoms with Crippen molar-refractivity contribution in [2.75, 3.05) is 18.0 Å². The molecule has 0 unspecified atom stereocenters. The van der Waals surface area contributed by atoms with Crippen molar-refractivity contribution in [1.29, 1.82) is 0 Å². The second-order valence-electron chi connectivity index (χ2n) is 5.04. The number of piperidine rings is 1. The highest BCUT2D eigenvalue weighted by atomic mass is 16.4. The Hall–Kier alpha value is -2.30. The summed E-state index contributed by atoms with van der Waals surface area (Å²) in [5, 5.41) is 13.0. The molecule has 0 aliphatic carbocycles. The van der Waals surface area contributed by atoms with Crippen LogP contribution in [0.4, 0.5) is 5.69 Å². The van der Waals surface area contributed by atoms with Crippen molar-refractivity contribution in [2.24, 2.45) is 0 Å². The number of nitrogens with zero attached hydrogens (tertiary/aromatic N) is 3. The Labute approximate surface area is 117 Å². The van der Waals surface area contributed by atoms with E-state index in [1.54, 1.807) is 4.68 Å². The van der Waals surface area contributed by atoms with Crippen LogP contribution in [0.2, 0.25) is 0 Å². The minimum Gasteiger partial charge on any atom is -0.478 e. The summed E-state index contributed by atoms with van der Waals surface area (Å²) in [4.78, 5) is 13.2. The van der Waals surface area contributed by atoms with E-state index in [1.807, 2.05) is 12.1 Å². The number of carbonyl (C=O) groups is 1. The van der Waals surface area contributed by atoms with Crippen LogP contribution in [0.15, 0.2) is 36.7 Å². The lowest BCUT2D eigenvalue weighted by molar-refractivity contribution is 0.0697. The fraction of sp³-hybridized carbons (Fsp3) is 0.333. The standard InChI is InChI=1S/C15H17N3O2/c19-15(20)12-10-16-18(11-12)14-6-4-13(5-7-14)17-8-2-1-3-9-17/h4-7,10-11H,1-3,8-9H2,(H,19,20). The quantitative estimate of drug-likeness (QED) is 0.932. The van der Waals surface area contributed by atoms with Crippen LogP contribution in [0.25, 0.3) is 5.69 Å². The molecule has 1 N–H and O–H groups in total. The van der Waals surface area contributed by atoms with Gasteiger partial charge in [0.05, 0.1) is 17.4 Å². The minimum absolute atomic E-state index is 0.199. The molecule has 0 spiro atoms. The van der Waals surface area contributed by atoms with Gasteiger partial charge in [-0.05, 0) is 43.5 Å². The SMILES string of the molecule is O=C(O)c1cnn(-c2ccc(N3CCCCC3)cc2)c1. The molecule has 1 fully saturated rings. The van der Waals surface area contributed by atoms with E-state index >= 15 is 0 Å². The van der Waals surface area contributed by atoms with Crippen LogP contribution >= 0.6 is 0 Å². The van der Waals surface area contributed by atoms with E-state index < -0.39 is 5.97 Å². The van der Waals surface area contributed by atoms with Gasteiger partial charge in [-0.1, -0.05) is 0 Å². The first-order chi connectivity index (χ1) is 9.74. The second-order valence-corrected chi connectivity index (χ2v) is 5.04. The number of aromatic carboxylic acids is 1. The molecule has 5 heteroatoms. The van der Waals surface area contributed by atoms with E-state index in [0.29, 0.717) is 0 Å². The average Bonchev–Trinajstić information content (AvgIpc) is 2.98. The Morgan fingerprint density at radius 3 is 2.30 bits per heavy atom. The smallest absolute Gasteiger partial charge is 0.338 e. The lowest BCUT2D eigenvalue weighted by Crippen LogP contribution is -2.29. The number of aromatic nitrogens is 2. The second kappa shape index (κ2) is 5.36. The Bertz CT molecular complexity index is 598. The Morgan fingerprint density at radius 2 is 1.70 bits per heavy atom. The highest BCUT2D eigenvalue weighted by Crippen LogP contribution is 2.21. The van der Waals surface area contributed by atoms with Crippen LogP contribution in [-0.2, 0) is 0 Å². The molecule has 2 heterocycles. The fourth-order valence-electron chi connectivity index (χ4n) is 2.54. The third kappa shape index (κ3) is 2.52. The molecular weight excluding hydrogens is 254 g/mol. The van der Waals surface area contributed by atoms with Gasteiger partial charge in [0.15, 0.2) is 0 Å². The van der Waals surface area contributed by atoms with Crippen LogP contribution in [-0.4, -0.2) is 33.9 Å². The molecule has 0 radical (unpaired) electrons. The lowest BCUT2D eigenvalue weighted by Gasteiger charge is -2.28. The summed E-state index contributed by atoms with van der Waals surface area (Å²) in [6.45, 7) is 2.23. The largest absolute Gasteiger partial charge is 0.478 e. The summed E-state index contributed by atoms with van der Waals surface area (Å²) in [7, 11) is 0. The molecule has 1 aromatic carbocycles. The van der Waals surface area contributed by atoms with Gasteiger partial charge in [-0.2, -0.15) is 5.10 Å².